The molecule has 0 amide bonds. The number of nitrogens with two attached hydrogens (primary N) is 2. The number of rotatable bonds is 4. The van der Waals surface area contributed by atoms with Crippen LogP contribution in [-0.2, 0) is 9.57 Å². The average Bonchev–Trinajstić information content (AvgIpc) is 1.91. The highest BCUT2D eigenvalue weighted by atomic mass is 19.1. The predicted octanol–water partition coefficient (Wildman–Crippen LogP) is -0.380. The number of hydrogen-bond acceptors (Lipinski definition) is 4. The molecule has 0 aromatic rings. The Bertz CT molecular complexity index is 96.6. The molecule has 0 rings (SSSR count). The summed E-state index contributed by atoms with van der Waals surface area (Å²) in [7, 11) is 0. The predicted molar refractivity (Wildman–Crippen MR) is 29.5 cm³/mol. The molecular formula is C4H9FN2O2. The van der Waals surface area contributed by atoms with Crippen LogP contribution in [0, 0.1) is 0 Å². The van der Waals surface area contributed by atoms with Crippen LogP contribution in [0.25, 0.3) is 0 Å². The zero-order valence-electron chi connectivity index (χ0n) is 4.84. The van der Waals surface area contributed by atoms with E-state index in [2.05, 4.69) is 15.5 Å². The van der Waals surface area contributed by atoms with Crippen LogP contribution >= 0.6 is 0 Å². The summed E-state index contributed by atoms with van der Waals surface area (Å²) in [4.78, 5) is 3.99. The summed E-state index contributed by atoms with van der Waals surface area (Å²) in [6.45, 7) is -0.188. The van der Waals surface area contributed by atoms with Gasteiger partial charge in [-0.15, -0.1) is 0 Å². The van der Waals surface area contributed by atoms with E-state index < -0.39 is 0 Å². The Labute approximate surface area is 52.2 Å². The second-order valence-corrected chi connectivity index (χ2v) is 1.21. The van der Waals surface area contributed by atoms with E-state index in [1.165, 1.54) is 0 Å². The van der Waals surface area contributed by atoms with Crippen molar-refractivity contribution in [2.45, 2.75) is 0 Å². The molecule has 0 bridgehead atoms. The summed E-state index contributed by atoms with van der Waals surface area (Å²) in [5, 5.41) is 0. The lowest BCUT2D eigenvalue weighted by Gasteiger charge is -2.02. The average molecular weight is 136 g/mol. The lowest BCUT2D eigenvalue weighted by Crippen LogP contribution is -2.10. The quantitative estimate of drug-likeness (QED) is 0.314. The third kappa shape index (κ3) is 3.89. The second-order valence-electron chi connectivity index (χ2n) is 1.21. The van der Waals surface area contributed by atoms with Crippen LogP contribution in [0.1, 0.15) is 0 Å². The van der Waals surface area contributed by atoms with Crippen molar-refractivity contribution in [1.82, 2.24) is 0 Å². The molecule has 0 spiro atoms. The Morgan fingerprint density at radius 2 is 2.33 bits per heavy atom. The molecule has 0 atom stereocenters. The summed E-state index contributed by atoms with van der Waals surface area (Å²) >= 11 is 0. The highest BCUT2D eigenvalue weighted by Gasteiger charge is 1.91. The number of ether oxygens (including phenoxy) is 1. The van der Waals surface area contributed by atoms with Crippen LogP contribution in [0.5, 0.6) is 0 Å². The van der Waals surface area contributed by atoms with Crippen molar-refractivity contribution in [1.29, 1.82) is 0 Å². The summed E-state index contributed by atoms with van der Waals surface area (Å²) in [6, 6.07) is 0. The summed E-state index contributed by atoms with van der Waals surface area (Å²) in [5.74, 6) is 4.59. The first-order valence-corrected chi connectivity index (χ1v) is 2.29. The standard InChI is InChI=1S/C4H9FN2O2/c5-1-4(2-6)8-3-9-7/h1H,2-3,6-7H2/b4-1-. The monoisotopic (exact) mass is 136 g/mol. The van der Waals surface area contributed by atoms with Crippen molar-refractivity contribution in [3.05, 3.63) is 12.1 Å². The Morgan fingerprint density at radius 1 is 1.67 bits per heavy atom. The van der Waals surface area contributed by atoms with Gasteiger partial charge in [-0.25, -0.2) is 10.3 Å². The van der Waals surface area contributed by atoms with E-state index in [-0.39, 0.29) is 25.4 Å². The second kappa shape index (κ2) is 5.49. The number of halogens is 1. The molecule has 5 heteroatoms. The molecule has 0 unspecified atom stereocenters. The molecule has 0 aromatic heterocycles. The van der Waals surface area contributed by atoms with Crippen LogP contribution in [0.2, 0.25) is 0 Å². The molecule has 0 radical (unpaired) electrons. The van der Waals surface area contributed by atoms with E-state index in [9.17, 15) is 4.39 Å². The Hall–Kier alpha value is -0.650. The lowest BCUT2D eigenvalue weighted by atomic mass is 10.6. The highest BCUT2D eigenvalue weighted by Crippen LogP contribution is 1.93. The maximum absolute atomic E-state index is 11.5. The molecule has 4 N–H and O–H groups in total. The zero-order valence-corrected chi connectivity index (χ0v) is 4.84. The van der Waals surface area contributed by atoms with Crippen molar-refractivity contribution in [3.8, 4) is 0 Å². The van der Waals surface area contributed by atoms with E-state index >= 15 is 0 Å². The minimum Gasteiger partial charge on any atom is -0.466 e. The van der Waals surface area contributed by atoms with E-state index in [0.717, 1.165) is 0 Å². The van der Waals surface area contributed by atoms with Gasteiger partial charge < -0.3 is 10.5 Å². The van der Waals surface area contributed by atoms with Crippen molar-refractivity contribution in [2.24, 2.45) is 11.6 Å². The molecule has 0 aromatic carbocycles. The minimum absolute atomic E-state index is 0.000139. The van der Waals surface area contributed by atoms with Crippen LogP contribution in [0.3, 0.4) is 0 Å². The smallest absolute Gasteiger partial charge is 0.206 e. The molecule has 4 nitrogen and oxygen atoms in total. The van der Waals surface area contributed by atoms with Gasteiger partial charge in [0.05, 0.1) is 6.54 Å². The molecule has 0 aliphatic heterocycles. The van der Waals surface area contributed by atoms with Gasteiger partial charge in [0.15, 0.2) is 0 Å². The summed E-state index contributed by atoms with van der Waals surface area (Å²) in [5.41, 5.74) is 4.99. The molecule has 0 fully saturated rings. The van der Waals surface area contributed by atoms with Gasteiger partial charge in [-0.3, -0.25) is 4.84 Å². The fraction of sp³-hybridized carbons (Fsp3) is 0.500. The maximum atomic E-state index is 11.5. The molecule has 9 heavy (non-hydrogen) atoms. The van der Waals surface area contributed by atoms with Crippen LogP contribution in [0.4, 0.5) is 4.39 Å². The fourth-order valence-corrected chi connectivity index (χ4v) is 0.245. The third-order valence-corrected chi connectivity index (χ3v) is 0.635. The van der Waals surface area contributed by atoms with Crippen LogP contribution in [-0.4, -0.2) is 13.3 Å². The molecule has 0 heterocycles. The first-order chi connectivity index (χ1) is 4.35. The largest absolute Gasteiger partial charge is 0.466 e. The molecule has 0 aliphatic carbocycles. The van der Waals surface area contributed by atoms with Crippen molar-refractivity contribution in [3.63, 3.8) is 0 Å². The third-order valence-electron chi connectivity index (χ3n) is 0.635. The zero-order chi connectivity index (χ0) is 7.11. The van der Waals surface area contributed by atoms with Gasteiger partial charge in [-0.2, -0.15) is 0 Å². The molecule has 0 saturated heterocycles. The normalized spacial score (nSPS) is 11.7. The maximum Gasteiger partial charge on any atom is 0.206 e. The van der Waals surface area contributed by atoms with Gasteiger partial charge in [0.25, 0.3) is 0 Å². The molecule has 0 aliphatic rings. The molecule has 0 saturated carbocycles. The van der Waals surface area contributed by atoms with E-state index in [1.807, 2.05) is 0 Å². The first-order valence-electron chi connectivity index (χ1n) is 2.29. The Morgan fingerprint density at radius 3 is 2.67 bits per heavy atom. The van der Waals surface area contributed by atoms with Gasteiger partial charge in [0.2, 0.25) is 6.79 Å². The summed E-state index contributed by atoms with van der Waals surface area (Å²) in [6.07, 6.45) is 0.263. The van der Waals surface area contributed by atoms with Gasteiger partial charge >= 0.3 is 0 Å². The molecular weight excluding hydrogens is 127 g/mol. The van der Waals surface area contributed by atoms with Crippen LogP contribution in [0.15, 0.2) is 12.1 Å². The topological polar surface area (TPSA) is 70.5 Å². The van der Waals surface area contributed by atoms with Gasteiger partial charge in [0.1, 0.15) is 12.1 Å². The van der Waals surface area contributed by atoms with E-state index in [4.69, 9.17) is 5.73 Å². The van der Waals surface area contributed by atoms with Gasteiger partial charge in [-0.05, 0) is 0 Å². The van der Waals surface area contributed by atoms with Gasteiger partial charge in [0, 0.05) is 0 Å². The van der Waals surface area contributed by atoms with Crippen LogP contribution < -0.4 is 11.6 Å². The Kier molecular flexibility index (Phi) is 5.09. The van der Waals surface area contributed by atoms with Gasteiger partial charge in [-0.1, -0.05) is 0 Å². The Balaban J connectivity index is 3.33. The fourth-order valence-electron chi connectivity index (χ4n) is 0.245. The first kappa shape index (κ1) is 8.35. The highest BCUT2D eigenvalue weighted by molar-refractivity contribution is 4.87. The van der Waals surface area contributed by atoms with Crippen molar-refractivity contribution < 1.29 is 14.0 Å². The minimum atomic E-state index is -0.188. The SMILES string of the molecule is NC/C(=C/F)OCON. The molecule has 54 valence electrons. The summed E-state index contributed by atoms with van der Waals surface area (Å²) < 4.78 is 16.0. The van der Waals surface area contributed by atoms with E-state index in [1.54, 1.807) is 0 Å². The number of hydrogen-bond donors (Lipinski definition) is 2. The van der Waals surface area contributed by atoms with Crippen molar-refractivity contribution >= 4 is 0 Å². The lowest BCUT2D eigenvalue weighted by molar-refractivity contribution is -0.0262. The van der Waals surface area contributed by atoms with E-state index in [0.29, 0.717) is 0 Å². The van der Waals surface area contributed by atoms with Crippen molar-refractivity contribution in [2.75, 3.05) is 13.3 Å².